The summed E-state index contributed by atoms with van der Waals surface area (Å²) in [7, 11) is 3.06. The lowest BCUT2D eigenvalue weighted by atomic mass is 10.1. The first-order valence-corrected chi connectivity index (χ1v) is 9.53. The van der Waals surface area contributed by atoms with Crippen LogP contribution in [0.25, 0.3) is 0 Å². The molecule has 0 fully saturated rings. The lowest BCUT2D eigenvalue weighted by molar-refractivity contribution is 0.102. The highest BCUT2D eigenvalue weighted by atomic mass is 32.2. The Balaban J connectivity index is 1.60. The van der Waals surface area contributed by atoms with Crippen molar-refractivity contribution >= 4 is 29.7 Å². The summed E-state index contributed by atoms with van der Waals surface area (Å²) in [5.74, 6) is 7.33. The number of carbonyl (C=O) groups is 1. The number of hydrazone groups is 1. The first kappa shape index (κ1) is 20.2. The molecule has 0 aliphatic carbocycles. The van der Waals surface area contributed by atoms with Gasteiger partial charge in [0.05, 0.1) is 26.2 Å². The third-order valence-corrected chi connectivity index (χ3v) is 4.82. The maximum absolute atomic E-state index is 12.5. The molecule has 1 aromatic heterocycles. The standard InChI is InChI=1S/C19H20N6O3S/c1-27-16-9-8-14(10-17(16)28-2)15(26)12-29-19-24-23-18(25(19)20)22-21-11-13-6-4-3-5-7-13/h3-11H,12,20H2,1-2H3,(H,22,23)/b21-11+. The average molecular weight is 412 g/mol. The highest BCUT2D eigenvalue weighted by Crippen LogP contribution is 2.28. The van der Waals surface area contributed by atoms with Gasteiger partial charge in [-0.05, 0) is 23.8 Å². The van der Waals surface area contributed by atoms with Crippen molar-refractivity contribution in [3.8, 4) is 11.5 Å². The number of hydrogen-bond acceptors (Lipinski definition) is 9. The molecule has 3 aromatic rings. The van der Waals surface area contributed by atoms with E-state index in [2.05, 4.69) is 20.7 Å². The van der Waals surface area contributed by atoms with Gasteiger partial charge in [0.15, 0.2) is 17.3 Å². The quantitative estimate of drug-likeness (QED) is 0.181. The minimum Gasteiger partial charge on any atom is -0.493 e. The number of carbonyl (C=O) groups excluding carboxylic acids is 1. The zero-order valence-corrected chi connectivity index (χ0v) is 16.7. The lowest BCUT2D eigenvalue weighted by Gasteiger charge is -2.09. The second-order valence-electron chi connectivity index (χ2n) is 5.74. The number of methoxy groups -OCH3 is 2. The van der Waals surface area contributed by atoms with Gasteiger partial charge < -0.3 is 15.3 Å². The Bertz CT molecular complexity index is 1010. The number of ketones is 1. The summed E-state index contributed by atoms with van der Waals surface area (Å²) in [6, 6.07) is 14.6. The van der Waals surface area contributed by atoms with Gasteiger partial charge in [-0.3, -0.25) is 4.79 Å². The molecule has 150 valence electrons. The fraction of sp³-hybridized carbons (Fsp3) is 0.158. The number of ether oxygens (including phenoxy) is 2. The molecule has 10 heteroatoms. The maximum Gasteiger partial charge on any atom is 0.264 e. The number of nitrogens with two attached hydrogens (primary N) is 1. The van der Waals surface area contributed by atoms with Crippen molar-refractivity contribution in [3.63, 3.8) is 0 Å². The van der Waals surface area contributed by atoms with Gasteiger partial charge in [-0.25, -0.2) is 10.1 Å². The average Bonchev–Trinajstić information content (AvgIpc) is 3.11. The van der Waals surface area contributed by atoms with Crippen molar-refractivity contribution in [1.82, 2.24) is 14.9 Å². The third-order valence-electron chi connectivity index (χ3n) is 3.88. The molecular weight excluding hydrogens is 392 g/mol. The minimum absolute atomic E-state index is 0.101. The van der Waals surface area contributed by atoms with Crippen molar-refractivity contribution in [3.05, 3.63) is 59.7 Å². The number of nitrogen functional groups attached to an aromatic ring is 1. The van der Waals surface area contributed by atoms with Gasteiger partial charge in [-0.1, -0.05) is 42.1 Å². The van der Waals surface area contributed by atoms with Crippen LogP contribution in [-0.2, 0) is 0 Å². The molecule has 3 rings (SSSR count). The van der Waals surface area contributed by atoms with Crippen LogP contribution < -0.4 is 20.7 Å². The van der Waals surface area contributed by atoms with E-state index >= 15 is 0 Å². The largest absolute Gasteiger partial charge is 0.493 e. The molecule has 0 spiro atoms. The van der Waals surface area contributed by atoms with Crippen LogP contribution in [0.4, 0.5) is 5.95 Å². The summed E-state index contributed by atoms with van der Waals surface area (Å²) in [5, 5.41) is 12.4. The van der Waals surface area contributed by atoms with Crippen LogP contribution in [0.3, 0.4) is 0 Å². The Hall–Kier alpha value is -3.53. The van der Waals surface area contributed by atoms with Gasteiger partial charge >= 0.3 is 0 Å². The molecule has 0 aliphatic heterocycles. The van der Waals surface area contributed by atoms with Crippen LogP contribution in [-0.4, -0.2) is 46.8 Å². The van der Waals surface area contributed by atoms with Crippen LogP contribution in [0.2, 0.25) is 0 Å². The Kier molecular flexibility index (Phi) is 6.69. The summed E-state index contributed by atoms with van der Waals surface area (Å²) in [5.41, 5.74) is 4.17. The summed E-state index contributed by atoms with van der Waals surface area (Å²) >= 11 is 1.17. The Morgan fingerprint density at radius 3 is 2.66 bits per heavy atom. The SMILES string of the molecule is COc1ccc(C(=O)CSc2nnc(N/N=C/c3ccccc3)n2N)cc1OC. The van der Waals surface area contributed by atoms with Gasteiger partial charge in [0.2, 0.25) is 5.16 Å². The molecule has 3 N–H and O–H groups in total. The predicted octanol–water partition coefficient (Wildman–Crippen LogP) is 2.43. The van der Waals surface area contributed by atoms with E-state index in [-0.39, 0.29) is 17.5 Å². The normalized spacial score (nSPS) is 10.8. The van der Waals surface area contributed by atoms with Gasteiger partial charge in [0, 0.05) is 5.56 Å². The van der Waals surface area contributed by atoms with Crippen LogP contribution >= 0.6 is 11.8 Å². The number of thioether (sulfide) groups is 1. The topological polar surface area (TPSA) is 117 Å². The van der Waals surface area contributed by atoms with Gasteiger partial charge in [0.25, 0.3) is 5.95 Å². The number of benzene rings is 2. The van der Waals surface area contributed by atoms with Crippen molar-refractivity contribution in [2.75, 3.05) is 31.2 Å². The number of aromatic nitrogens is 3. The number of rotatable bonds is 9. The van der Waals surface area contributed by atoms with Gasteiger partial charge in [-0.2, -0.15) is 5.10 Å². The third kappa shape index (κ3) is 5.05. The Labute approximate surface area is 171 Å². The van der Waals surface area contributed by atoms with Gasteiger partial charge in [-0.15, -0.1) is 10.2 Å². The molecule has 1 heterocycles. The van der Waals surface area contributed by atoms with E-state index in [1.54, 1.807) is 31.5 Å². The summed E-state index contributed by atoms with van der Waals surface area (Å²) in [6.45, 7) is 0. The second-order valence-corrected chi connectivity index (χ2v) is 6.68. The van der Waals surface area contributed by atoms with E-state index in [1.807, 2.05) is 30.3 Å². The lowest BCUT2D eigenvalue weighted by Crippen LogP contribution is -2.14. The molecule has 0 saturated heterocycles. The molecule has 0 saturated carbocycles. The number of nitrogens with zero attached hydrogens (tertiary/aromatic N) is 4. The molecule has 0 bridgehead atoms. The Morgan fingerprint density at radius 1 is 1.17 bits per heavy atom. The zero-order chi connectivity index (χ0) is 20.6. The minimum atomic E-state index is -0.101. The van der Waals surface area contributed by atoms with E-state index in [4.69, 9.17) is 15.3 Å². The highest BCUT2D eigenvalue weighted by molar-refractivity contribution is 7.99. The molecule has 29 heavy (non-hydrogen) atoms. The smallest absolute Gasteiger partial charge is 0.264 e. The Morgan fingerprint density at radius 2 is 1.93 bits per heavy atom. The highest BCUT2D eigenvalue weighted by Gasteiger charge is 2.15. The maximum atomic E-state index is 12.5. The first-order chi connectivity index (χ1) is 14.1. The van der Waals surface area contributed by atoms with Crippen molar-refractivity contribution < 1.29 is 14.3 Å². The molecular formula is C19H20N6O3S. The number of Topliss-reactive ketones (excluding diaryl/α,β-unsaturated/α-hetero) is 1. The number of anilines is 1. The molecule has 0 aliphatic rings. The van der Waals surface area contributed by atoms with Crippen LogP contribution in [0.5, 0.6) is 11.5 Å². The molecule has 0 amide bonds. The second kappa shape index (κ2) is 9.60. The zero-order valence-electron chi connectivity index (χ0n) is 15.9. The monoisotopic (exact) mass is 412 g/mol. The summed E-state index contributed by atoms with van der Waals surface area (Å²) < 4.78 is 11.7. The molecule has 9 nitrogen and oxygen atoms in total. The van der Waals surface area contributed by atoms with Crippen molar-refractivity contribution in [2.24, 2.45) is 5.10 Å². The van der Waals surface area contributed by atoms with E-state index in [0.717, 1.165) is 5.56 Å². The van der Waals surface area contributed by atoms with E-state index in [1.165, 1.54) is 23.5 Å². The van der Waals surface area contributed by atoms with E-state index < -0.39 is 0 Å². The fourth-order valence-corrected chi connectivity index (χ4v) is 3.13. The molecule has 0 unspecified atom stereocenters. The van der Waals surface area contributed by atoms with Crippen molar-refractivity contribution in [1.29, 1.82) is 0 Å². The van der Waals surface area contributed by atoms with E-state index in [0.29, 0.717) is 22.2 Å². The van der Waals surface area contributed by atoms with Crippen molar-refractivity contribution in [2.45, 2.75) is 5.16 Å². The van der Waals surface area contributed by atoms with Crippen LogP contribution in [0, 0.1) is 0 Å². The van der Waals surface area contributed by atoms with Gasteiger partial charge in [0.1, 0.15) is 0 Å². The number of hydrogen-bond donors (Lipinski definition) is 2. The predicted molar refractivity (Wildman–Crippen MR) is 112 cm³/mol. The summed E-state index contributed by atoms with van der Waals surface area (Å²) in [6.07, 6.45) is 1.64. The summed E-state index contributed by atoms with van der Waals surface area (Å²) in [4.78, 5) is 12.5. The number of nitrogens with one attached hydrogen (secondary N) is 1. The molecule has 0 atom stereocenters. The molecule has 0 radical (unpaired) electrons. The fourth-order valence-electron chi connectivity index (χ4n) is 2.38. The molecule has 2 aromatic carbocycles. The first-order valence-electron chi connectivity index (χ1n) is 8.55. The van der Waals surface area contributed by atoms with Crippen LogP contribution in [0.1, 0.15) is 15.9 Å². The van der Waals surface area contributed by atoms with Crippen LogP contribution in [0.15, 0.2) is 58.8 Å². The van der Waals surface area contributed by atoms with E-state index in [9.17, 15) is 4.79 Å².